The fourth-order valence-corrected chi connectivity index (χ4v) is 3.75. The Morgan fingerprint density at radius 3 is 2.95 bits per heavy atom. The molecule has 0 saturated carbocycles. The van der Waals surface area contributed by atoms with Gasteiger partial charge in [-0.1, -0.05) is 31.5 Å². The molecule has 0 spiro atoms. The quantitative estimate of drug-likeness (QED) is 0.937. The zero-order chi connectivity index (χ0) is 14.7. The van der Waals surface area contributed by atoms with Crippen LogP contribution in [0.5, 0.6) is 0 Å². The summed E-state index contributed by atoms with van der Waals surface area (Å²) >= 11 is 1.62. The Kier molecular flexibility index (Phi) is 4.60. The van der Waals surface area contributed by atoms with E-state index in [1.54, 1.807) is 11.8 Å². The van der Waals surface area contributed by atoms with Gasteiger partial charge in [-0.2, -0.15) is 0 Å². The second-order valence-electron chi connectivity index (χ2n) is 5.43. The van der Waals surface area contributed by atoms with E-state index in [2.05, 4.69) is 20.8 Å². The van der Waals surface area contributed by atoms with E-state index in [1.165, 1.54) is 19.3 Å². The number of hydrogen-bond acceptors (Lipinski definition) is 4. The fourth-order valence-electron chi connectivity index (χ4n) is 2.70. The summed E-state index contributed by atoms with van der Waals surface area (Å²) in [5.74, 6) is 1.10. The van der Waals surface area contributed by atoms with Crippen molar-refractivity contribution in [3.05, 3.63) is 35.7 Å². The number of aryl methyl sites for hydroxylation is 1. The maximum atomic E-state index is 10.2. The number of aliphatic hydroxyl groups is 1. The molecule has 21 heavy (non-hydrogen) atoms. The number of benzene rings is 1. The highest BCUT2D eigenvalue weighted by atomic mass is 32.2. The van der Waals surface area contributed by atoms with Crippen LogP contribution in [0.2, 0.25) is 0 Å². The predicted octanol–water partition coefficient (Wildman–Crippen LogP) is 3.60. The third-order valence-corrected chi connectivity index (χ3v) is 5.02. The summed E-state index contributed by atoms with van der Waals surface area (Å²) in [6.45, 7) is 3.00. The molecule has 0 amide bonds. The topological polar surface area (TPSA) is 50.9 Å². The minimum atomic E-state index is -0.416. The highest BCUT2D eigenvalue weighted by Crippen LogP contribution is 2.34. The first-order valence-corrected chi connectivity index (χ1v) is 8.48. The van der Waals surface area contributed by atoms with Crippen LogP contribution in [-0.4, -0.2) is 19.9 Å². The van der Waals surface area contributed by atoms with Crippen LogP contribution in [0.1, 0.15) is 50.1 Å². The second-order valence-corrected chi connectivity index (χ2v) is 6.43. The minimum Gasteiger partial charge on any atom is -0.388 e. The predicted molar refractivity (Wildman–Crippen MR) is 83.4 cm³/mol. The molecule has 3 rings (SSSR count). The average Bonchev–Trinajstić information content (AvgIpc) is 2.74. The van der Waals surface area contributed by atoms with Gasteiger partial charge in [-0.05, 0) is 42.7 Å². The van der Waals surface area contributed by atoms with E-state index in [4.69, 9.17) is 0 Å². The number of hydrogen-bond donors (Lipinski definition) is 1. The van der Waals surface area contributed by atoms with Crippen LogP contribution >= 0.6 is 11.8 Å². The SMILES string of the molecule is CC[C@@H](O)c1ccccc1Sc1nnc2n1CCCCC2. The minimum absolute atomic E-state index is 0.416. The van der Waals surface area contributed by atoms with Crippen molar-refractivity contribution in [3.8, 4) is 0 Å². The molecular weight excluding hydrogens is 282 g/mol. The summed E-state index contributed by atoms with van der Waals surface area (Å²) in [4.78, 5) is 1.08. The van der Waals surface area contributed by atoms with Gasteiger partial charge in [-0.15, -0.1) is 10.2 Å². The molecule has 2 aromatic rings. The summed E-state index contributed by atoms with van der Waals surface area (Å²) in [5, 5.41) is 19.8. The molecule has 0 bridgehead atoms. The molecule has 112 valence electrons. The second kappa shape index (κ2) is 6.62. The van der Waals surface area contributed by atoms with E-state index in [0.29, 0.717) is 0 Å². The van der Waals surface area contributed by atoms with E-state index < -0.39 is 6.10 Å². The van der Waals surface area contributed by atoms with Crippen molar-refractivity contribution in [3.63, 3.8) is 0 Å². The van der Waals surface area contributed by atoms with Crippen molar-refractivity contribution in [2.24, 2.45) is 0 Å². The van der Waals surface area contributed by atoms with Gasteiger partial charge in [-0.25, -0.2) is 0 Å². The van der Waals surface area contributed by atoms with E-state index in [-0.39, 0.29) is 0 Å². The van der Waals surface area contributed by atoms with Crippen LogP contribution in [0, 0.1) is 0 Å². The lowest BCUT2D eigenvalue weighted by Crippen LogP contribution is -2.03. The van der Waals surface area contributed by atoms with Crippen LogP contribution in [0.25, 0.3) is 0 Å². The smallest absolute Gasteiger partial charge is 0.196 e. The van der Waals surface area contributed by atoms with Gasteiger partial charge in [0.25, 0.3) is 0 Å². The molecule has 1 aliphatic rings. The van der Waals surface area contributed by atoms with Gasteiger partial charge in [0.1, 0.15) is 5.82 Å². The number of aromatic nitrogens is 3. The Morgan fingerprint density at radius 2 is 2.10 bits per heavy atom. The zero-order valence-corrected chi connectivity index (χ0v) is 13.1. The third-order valence-electron chi connectivity index (χ3n) is 3.94. The van der Waals surface area contributed by atoms with Gasteiger partial charge in [0.15, 0.2) is 5.16 Å². The van der Waals surface area contributed by atoms with Crippen LogP contribution in [0.3, 0.4) is 0 Å². The Morgan fingerprint density at radius 1 is 1.24 bits per heavy atom. The molecule has 0 fully saturated rings. The maximum absolute atomic E-state index is 10.2. The van der Waals surface area contributed by atoms with Crippen molar-refractivity contribution < 1.29 is 5.11 Å². The molecule has 1 aromatic heterocycles. The average molecular weight is 303 g/mol. The van der Waals surface area contributed by atoms with E-state index >= 15 is 0 Å². The molecule has 0 unspecified atom stereocenters. The van der Waals surface area contributed by atoms with Crippen LogP contribution < -0.4 is 0 Å². The summed E-state index contributed by atoms with van der Waals surface area (Å²) in [5.41, 5.74) is 0.982. The molecule has 0 aliphatic carbocycles. The maximum Gasteiger partial charge on any atom is 0.196 e. The lowest BCUT2D eigenvalue weighted by molar-refractivity contribution is 0.171. The van der Waals surface area contributed by atoms with Crippen molar-refractivity contribution >= 4 is 11.8 Å². The van der Waals surface area contributed by atoms with E-state index in [9.17, 15) is 5.11 Å². The summed E-state index contributed by atoms with van der Waals surface area (Å²) in [7, 11) is 0. The highest BCUT2D eigenvalue weighted by molar-refractivity contribution is 7.99. The number of nitrogens with zero attached hydrogens (tertiary/aromatic N) is 3. The van der Waals surface area contributed by atoms with Gasteiger partial charge in [0.05, 0.1) is 6.10 Å². The summed E-state index contributed by atoms with van der Waals surface area (Å²) in [6.07, 6.45) is 4.98. The Bertz CT molecular complexity index is 611. The lowest BCUT2D eigenvalue weighted by atomic mass is 10.1. The first kappa shape index (κ1) is 14.6. The molecule has 5 heteroatoms. The van der Waals surface area contributed by atoms with Gasteiger partial charge in [0.2, 0.25) is 0 Å². The van der Waals surface area contributed by atoms with Crippen molar-refractivity contribution in [2.45, 2.75) is 61.7 Å². The first-order chi connectivity index (χ1) is 10.3. The number of rotatable bonds is 4. The van der Waals surface area contributed by atoms with Crippen LogP contribution in [-0.2, 0) is 13.0 Å². The standard InChI is InChI=1S/C16H21N3OS/c1-2-13(20)12-8-5-6-9-14(12)21-16-18-17-15-10-4-3-7-11-19(15)16/h5-6,8-9,13,20H,2-4,7,10-11H2,1H3/t13-/m1/s1. The normalized spacial score (nSPS) is 16.3. The molecule has 1 N–H and O–H groups in total. The Balaban J connectivity index is 1.89. The largest absolute Gasteiger partial charge is 0.388 e. The summed E-state index contributed by atoms with van der Waals surface area (Å²) < 4.78 is 2.24. The van der Waals surface area contributed by atoms with Crippen LogP contribution in [0.15, 0.2) is 34.3 Å². The van der Waals surface area contributed by atoms with Gasteiger partial charge >= 0.3 is 0 Å². The number of fused-ring (bicyclic) bond motifs is 1. The fraction of sp³-hybridized carbons (Fsp3) is 0.500. The monoisotopic (exact) mass is 303 g/mol. The Hall–Kier alpha value is -1.33. The molecular formula is C16H21N3OS. The van der Waals surface area contributed by atoms with E-state index in [0.717, 1.165) is 40.8 Å². The summed E-state index contributed by atoms with van der Waals surface area (Å²) in [6, 6.07) is 8.03. The van der Waals surface area contributed by atoms with Gasteiger partial charge in [-0.3, -0.25) is 0 Å². The van der Waals surface area contributed by atoms with Gasteiger partial charge < -0.3 is 9.67 Å². The molecule has 2 heterocycles. The molecule has 0 radical (unpaired) electrons. The van der Waals surface area contributed by atoms with Crippen molar-refractivity contribution in [2.75, 3.05) is 0 Å². The Labute approximate surface area is 129 Å². The van der Waals surface area contributed by atoms with Crippen LogP contribution in [0.4, 0.5) is 0 Å². The molecule has 0 saturated heterocycles. The van der Waals surface area contributed by atoms with Crippen molar-refractivity contribution in [1.29, 1.82) is 0 Å². The molecule has 1 aliphatic heterocycles. The van der Waals surface area contributed by atoms with Gasteiger partial charge in [0, 0.05) is 17.9 Å². The molecule has 1 aromatic carbocycles. The highest BCUT2D eigenvalue weighted by Gasteiger charge is 2.18. The first-order valence-electron chi connectivity index (χ1n) is 7.66. The third kappa shape index (κ3) is 3.14. The number of aliphatic hydroxyl groups excluding tert-OH is 1. The van der Waals surface area contributed by atoms with E-state index in [1.807, 2.05) is 25.1 Å². The molecule has 4 nitrogen and oxygen atoms in total. The molecule has 1 atom stereocenters. The zero-order valence-electron chi connectivity index (χ0n) is 12.3. The lowest BCUT2D eigenvalue weighted by Gasteiger charge is -2.13. The van der Waals surface area contributed by atoms with Crippen molar-refractivity contribution in [1.82, 2.24) is 14.8 Å².